The van der Waals surface area contributed by atoms with Crippen LogP contribution in [-0.4, -0.2) is 21.1 Å². The van der Waals surface area contributed by atoms with E-state index in [1.165, 1.54) is 16.8 Å². The van der Waals surface area contributed by atoms with E-state index in [0.717, 1.165) is 25.0 Å². The highest BCUT2D eigenvalue weighted by Gasteiger charge is 2.29. The lowest BCUT2D eigenvalue weighted by Crippen LogP contribution is -2.24. The van der Waals surface area contributed by atoms with Gasteiger partial charge in [0.2, 0.25) is 0 Å². The van der Waals surface area contributed by atoms with Gasteiger partial charge in [-0.1, -0.05) is 0 Å². The number of nitriles is 1. The number of aromatic nitrogens is 3. The fraction of sp³-hybridized carbons (Fsp3) is 0.235. The molecule has 0 unspecified atom stereocenters. The second kappa shape index (κ2) is 5.57. The predicted molar refractivity (Wildman–Crippen MR) is 83.4 cm³/mol. The number of halogens is 2. The summed E-state index contributed by atoms with van der Waals surface area (Å²) in [5.74, 6) is -0.244. The molecular weight excluding hydrogens is 312 g/mol. The van der Waals surface area contributed by atoms with Crippen LogP contribution in [0.2, 0.25) is 0 Å². The third kappa shape index (κ3) is 2.27. The summed E-state index contributed by atoms with van der Waals surface area (Å²) in [6, 6.07) is 7.07. The Bertz CT molecular complexity index is 959. The van der Waals surface area contributed by atoms with Crippen molar-refractivity contribution in [3.63, 3.8) is 0 Å². The molecule has 3 aromatic rings. The standard InChI is InChI=1S/C17H13F2N5/c18-12-3-4-14(19)13(8-12)15-2-1-6-23(15)16-5-7-24-17(22-16)11(9-20)10-21-24/h3-5,7-8,10,15H,1-2,6H2/t15-/m1/s1. The van der Waals surface area contributed by atoms with Gasteiger partial charge in [-0.3, -0.25) is 0 Å². The lowest BCUT2D eigenvalue weighted by atomic mass is 10.0. The van der Waals surface area contributed by atoms with Crippen LogP contribution in [0.3, 0.4) is 0 Å². The van der Waals surface area contributed by atoms with Crippen LogP contribution in [0.5, 0.6) is 0 Å². The third-order valence-electron chi connectivity index (χ3n) is 4.34. The van der Waals surface area contributed by atoms with Crippen LogP contribution in [0.4, 0.5) is 14.6 Å². The minimum absolute atomic E-state index is 0.274. The van der Waals surface area contributed by atoms with Crippen molar-refractivity contribution >= 4 is 11.5 Å². The summed E-state index contributed by atoms with van der Waals surface area (Å²) < 4.78 is 29.2. The average Bonchev–Trinajstić information content (AvgIpc) is 3.22. The first-order valence-corrected chi connectivity index (χ1v) is 7.63. The monoisotopic (exact) mass is 325 g/mol. The zero-order chi connectivity index (χ0) is 16.7. The Balaban J connectivity index is 1.77. The van der Waals surface area contributed by atoms with Gasteiger partial charge in [0.1, 0.15) is 29.1 Å². The van der Waals surface area contributed by atoms with Crippen LogP contribution in [0.15, 0.2) is 36.7 Å². The number of hydrogen-bond donors (Lipinski definition) is 0. The molecule has 0 aliphatic carbocycles. The van der Waals surface area contributed by atoms with Gasteiger partial charge in [-0.05, 0) is 37.1 Å². The molecule has 1 atom stereocenters. The molecule has 120 valence electrons. The number of benzene rings is 1. The quantitative estimate of drug-likeness (QED) is 0.726. The zero-order valence-corrected chi connectivity index (χ0v) is 12.7. The van der Waals surface area contributed by atoms with Gasteiger partial charge in [0.05, 0.1) is 12.2 Å². The molecule has 1 aromatic carbocycles. The maximum atomic E-state index is 14.2. The number of hydrogen-bond acceptors (Lipinski definition) is 4. The average molecular weight is 325 g/mol. The molecule has 1 fully saturated rings. The first-order valence-electron chi connectivity index (χ1n) is 7.63. The molecule has 2 aromatic heterocycles. The van der Waals surface area contributed by atoms with Gasteiger partial charge in [0, 0.05) is 18.3 Å². The van der Waals surface area contributed by atoms with E-state index in [1.807, 2.05) is 4.90 Å². The van der Waals surface area contributed by atoms with Crippen LogP contribution >= 0.6 is 0 Å². The molecule has 5 nitrogen and oxygen atoms in total. The van der Waals surface area contributed by atoms with Gasteiger partial charge in [-0.15, -0.1) is 0 Å². The highest BCUT2D eigenvalue weighted by atomic mass is 19.1. The second-order valence-corrected chi connectivity index (χ2v) is 5.74. The van der Waals surface area contributed by atoms with Crippen LogP contribution < -0.4 is 4.90 Å². The number of rotatable bonds is 2. The SMILES string of the molecule is N#Cc1cnn2ccc(N3CCC[C@@H]3c3cc(F)ccc3F)nc12. The molecule has 0 N–H and O–H groups in total. The van der Waals surface area contributed by atoms with Crippen LogP contribution in [0, 0.1) is 23.0 Å². The fourth-order valence-corrected chi connectivity index (χ4v) is 3.23. The Hall–Kier alpha value is -3.01. The zero-order valence-electron chi connectivity index (χ0n) is 12.7. The summed E-state index contributed by atoms with van der Waals surface area (Å²) >= 11 is 0. The molecule has 1 aliphatic rings. The Morgan fingerprint density at radius 3 is 2.96 bits per heavy atom. The Morgan fingerprint density at radius 1 is 1.25 bits per heavy atom. The van der Waals surface area contributed by atoms with Crippen molar-refractivity contribution in [3.05, 3.63) is 59.4 Å². The van der Waals surface area contributed by atoms with Gasteiger partial charge in [-0.2, -0.15) is 10.4 Å². The van der Waals surface area contributed by atoms with Crippen LogP contribution in [-0.2, 0) is 0 Å². The lowest BCUT2D eigenvalue weighted by Gasteiger charge is -2.26. The minimum atomic E-state index is -0.454. The molecule has 0 amide bonds. The van der Waals surface area contributed by atoms with E-state index in [-0.39, 0.29) is 6.04 Å². The second-order valence-electron chi connectivity index (χ2n) is 5.74. The minimum Gasteiger partial charge on any atom is -0.349 e. The molecule has 24 heavy (non-hydrogen) atoms. The van der Waals surface area contributed by atoms with E-state index in [2.05, 4.69) is 16.2 Å². The summed E-state index contributed by atoms with van der Waals surface area (Å²) in [5, 5.41) is 13.2. The maximum Gasteiger partial charge on any atom is 0.175 e. The molecule has 3 heterocycles. The van der Waals surface area contributed by atoms with Crippen molar-refractivity contribution in [2.75, 3.05) is 11.4 Å². The van der Waals surface area contributed by atoms with Crippen molar-refractivity contribution < 1.29 is 8.78 Å². The molecule has 1 aliphatic heterocycles. The van der Waals surface area contributed by atoms with Crippen molar-refractivity contribution in [1.29, 1.82) is 5.26 Å². The van der Waals surface area contributed by atoms with Crippen LogP contribution in [0.25, 0.3) is 5.65 Å². The molecule has 0 spiro atoms. The number of nitrogens with zero attached hydrogens (tertiary/aromatic N) is 5. The van der Waals surface area contributed by atoms with Crippen molar-refractivity contribution in [2.24, 2.45) is 0 Å². The molecule has 7 heteroatoms. The van der Waals surface area contributed by atoms with E-state index >= 15 is 0 Å². The van der Waals surface area contributed by atoms with Gasteiger partial charge in [-0.25, -0.2) is 18.3 Å². The van der Waals surface area contributed by atoms with Gasteiger partial charge in [0.15, 0.2) is 5.65 Å². The van der Waals surface area contributed by atoms with E-state index in [0.29, 0.717) is 29.1 Å². The van der Waals surface area contributed by atoms with E-state index in [9.17, 15) is 8.78 Å². The predicted octanol–water partition coefficient (Wildman–Crippen LogP) is 3.22. The van der Waals surface area contributed by atoms with Gasteiger partial charge >= 0.3 is 0 Å². The summed E-state index contributed by atoms with van der Waals surface area (Å²) in [5.41, 5.74) is 1.17. The van der Waals surface area contributed by atoms with Crippen molar-refractivity contribution in [2.45, 2.75) is 18.9 Å². The normalized spacial score (nSPS) is 17.4. The maximum absolute atomic E-state index is 14.2. The summed E-state index contributed by atoms with van der Waals surface area (Å²) in [7, 11) is 0. The number of fused-ring (bicyclic) bond motifs is 1. The molecule has 4 rings (SSSR count). The number of anilines is 1. The third-order valence-corrected chi connectivity index (χ3v) is 4.34. The highest BCUT2D eigenvalue weighted by molar-refractivity contribution is 5.58. The Kier molecular flexibility index (Phi) is 3.38. The highest BCUT2D eigenvalue weighted by Crippen LogP contribution is 2.36. The molecule has 0 saturated carbocycles. The Labute approximate surface area is 136 Å². The largest absolute Gasteiger partial charge is 0.349 e. The van der Waals surface area contributed by atoms with E-state index in [1.54, 1.807) is 12.3 Å². The van der Waals surface area contributed by atoms with Crippen molar-refractivity contribution in [3.8, 4) is 6.07 Å². The smallest absolute Gasteiger partial charge is 0.175 e. The van der Waals surface area contributed by atoms with E-state index in [4.69, 9.17) is 5.26 Å². The van der Waals surface area contributed by atoms with Crippen LogP contribution in [0.1, 0.15) is 30.0 Å². The molecule has 0 radical (unpaired) electrons. The topological polar surface area (TPSA) is 57.2 Å². The van der Waals surface area contributed by atoms with E-state index < -0.39 is 11.6 Å². The molecular formula is C17H13F2N5. The first-order chi connectivity index (χ1) is 11.7. The molecule has 0 bridgehead atoms. The summed E-state index contributed by atoms with van der Waals surface area (Å²) in [6.45, 7) is 0.694. The van der Waals surface area contributed by atoms with Crippen molar-refractivity contribution in [1.82, 2.24) is 14.6 Å². The van der Waals surface area contributed by atoms with Gasteiger partial charge in [0.25, 0.3) is 0 Å². The summed E-state index contributed by atoms with van der Waals surface area (Å²) in [6.07, 6.45) is 4.76. The summed E-state index contributed by atoms with van der Waals surface area (Å²) in [4.78, 5) is 6.45. The lowest BCUT2D eigenvalue weighted by molar-refractivity contribution is 0.560. The fourth-order valence-electron chi connectivity index (χ4n) is 3.23. The Morgan fingerprint density at radius 2 is 2.12 bits per heavy atom. The first kappa shape index (κ1) is 14.6. The molecule has 1 saturated heterocycles. The van der Waals surface area contributed by atoms with Gasteiger partial charge < -0.3 is 4.90 Å².